The van der Waals surface area contributed by atoms with Crippen LogP contribution in [0.3, 0.4) is 0 Å². The minimum atomic E-state index is 1.01. The Morgan fingerprint density at radius 3 is 2.78 bits per heavy atom. The second kappa shape index (κ2) is 4.79. The third kappa shape index (κ3) is 3.09. The van der Waals surface area contributed by atoms with Crippen LogP contribution in [0, 0.1) is 5.92 Å². The third-order valence-corrected chi connectivity index (χ3v) is 3.06. The minimum absolute atomic E-state index is 1.01. The summed E-state index contributed by atoms with van der Waals surface area (Å²) in [6, 6.07) is 0. The molecule has 0 spiro atoms. The van der Waals surface area contributed by atoms with E-state index < -0.39 is 0 Å². The second-order valence-electron chi connectivity index (χ2n) is 2.50. The largest absolute Gasteiger partial charge is 0.307 e. The summed E-state index contributed by atoms with van der Waals surface area (Å²) in [6.45, 7) is 1.25. The highest BCUT2D eigenvalue weighted by atomic mass is 127. The monoisotopic (exact) mass is 257 g/mol. The minimum Gasteiger partial charge on any atom is -0.307 e. The maximum Gasteiger partial charge on any atom is 0.0519 e. The highest BCUT2D eigenvalue weighted by Gasteiger charge is 2.15. The van der Waals surface area contributed by atoms with Crippen LogP contribution >= 0.6 is 30.1 Å². The highest BCUT2D eigenvalue weighted by molar-refractivity contribution is 14.2. The first-order valence-corrected chi connectivity index (χ1v) is 6.90. The highest BCUT2D eigenvalue weighted by Crippen LogP contribution is 2.25. The van der Waals surface area contributed by atoms with Crippen LogP contribution in [0.15, 0.2) is 0 Å². The van der Waals surface area contributed by atoms with Gasteiger partial charge in [-0.15, -0.1) is 0 Å². The normalized spacial score (nSPS) is 19.7. The number of halogens is 1. The summed E-state index contributed by atoms with van der Waals surface area (Å²) in [6.07, 6.45) is 4.38. The van der Waals surface area contributed by atoms with E-state index in [0.29, 0.717) is 0 Å². The van der Waals surface area contributed by atoms with Crippen LogP contribution in [0.5, 0.6) is 0 Å². The average Bonchev–Trinajstić information content (AvgIpc) is 1.76. The van der Waals surface area contributed by atoms with Gasteiger partial charge in [0.1, 0.15) is 0 Å². The van der Waals surface area contributed by atoms with Crippen molar-refractivity contribution in [2.24, 2.45) is 5.92 Å². The van der Waals surface area contributed by atoms with Crippen LogP contribution in [0.1, 0.15) is 19.3 Å². The van der Waals surface area contributed by atoms with Gasteiger partial charge in [-0.05, 0) is 46.5 Å². The fourth-order valence-corrected chi connectivity index (χ4v) is 1.85. The van der Waals surface area contributed by atoms with Crippen LogP contribution in [0.4, 0.5) is 0 Å². The molecular formula is C6H12INS. The molecule has 0 aliphatic heterocycles. The van der Waals surface area contributed by atoms with Crippen molar-refractivity contribution in [2.75, 3.05) is 12.4 Å². The van der Waals surface area contributed by atoms with Crippen molar-refractivity contribution in [2.45, 2.75) is 19.3 Å². The van der Waals surface area contributed by atoms with E-state index in [2.05, 4.69) is 26.5 Å². The van der Waals surface area contributed by atoms with E-state index in [1.807, 2.05) is 8.93 Å². The van der Waals surface area contributed by atoms with E-state index in [4.69, 9.17) is 0 Å². The second-order valence-corrected chi connectivity index (χ2v) is 4.88. The third-order valence-electron chi connectivity index (χ3n) is 1.81. The molecule has 0 amide bonds. The smallest absolute Gasteiger partial charge is 0.0519 e. The van der Waals surface area contributed by atoms with Gasteiger partial charge in [0.25, 0.3) is 0 Å². The standard InChI is InChI=1S/C6H12INS/c7-9-5-8-4-6-2-1-3-6/h6,8H,1-5H2. The van der Waals surface area contributed by atoms with Gasteiger partial charge in [-0.1, -0.05) is 15.4 Å². The Bertz CT molecular complexity index is 75.5. The van der Waals surface area contributed by atoms with E-state index in [1.54, 1.807) is 0 Å². The van der Waals surface area contributed by atoms with Crippen molar-refractivity contribution >= 4 is 30.1 Å². The molecule has 0 bridgehead atoms. The Hall–Kier alpha value is 1.04. The molecule has 1 fully saturated rings. The molecular weight excluding hydrogens is 245 g/mol. The SMILES string of the molecule is ISCNCC1CCC1. The maximum absolute atomic E-state index is 3.39. The topological polar surface area (TPSA) is 12.0 Å². The lowest BCUT2D eigenvalue weighted by Gasteiger charge is -2.25. The quantitative estimate of drug-likeness (QED) is 0.471. The van der Waals surface area contributed by atoms with Crippen molar-refractivity contribution in [3.8, 4) is 0 Å². The van der Waals surface area contributed by atoms with Crippen LogP contribution in [-0.2, 0) is 0 Å². The molecule has 0 aromatic heterocycles. The number of hydrogen-bond acceptors (Lipinski definition) is 2. The van der Waals surface area contributed by atoms with Gasteiger partial charge < -0.3 is 5.32 Å². The van der Waals surface area contributed by atoms with Crippen LogP contribution in [-0.4, -0.2) is 12.4 Å². The van der Waals surface area contributed by atoms with E-state index in [0.717, 1.165) is 11.8 Å². The van der Waals surface area contributed by atoms with Crippen molar-refractivity contribution in [1.29, 1.82) is 0 Å². The first kappa shape index (κ1) is 8.14. The van der Waals surface area contributed by atoms with Crippen LogP contribution in [0.2, 0.25) is 0 Å². The molecule has 1 rings (SSSR count). The molecule has 1 N–H and O–H groups in total. The predicted octanol–water partition coefficient (Wildman–Crippen LogP) is 2.42. The fourth-order valence-electron chi connectivity index (χ4n) is 0.999. The lowest BCUT2D eigenvalue weighted by molar-refractivity contribution is 0.308. The summed E-state index contributed by atoms with van der Waals surface area (Å²) in [4.78, 5) is 0. The van der Waals surface area contributed by atoms with Gasteiger partial charge in [0, 0.05) is 0 Å². The van der Waals surface area contributed by atoms with E-state index >= 15 is 0 Å². The molecule has 0 radical (unpaired) electrons. The van der Waals surface area contributed by atoms with Crippen molar-refractivity contribution in [3.05, 3.63) is 0 Å². The Labute approximate surface area is 72.9 Å². The zero-order valence-electron chi connectivity index (χ0n) is 5.40. The van der Waals surface area contributed by atoms with Crippen molar-refractivity contribution in [1.82, 2.24) is 5.32 Å². The molecule has 1 aliphatic rings. The van der Waals surface area contributed by atoms with E-state index in [-0.39, 0.29) is 0 Å². The molecule has 1 aliphatic carbocycles. The molecule has 9 heavy (non-hydrogen) atoms. The van der Waals surface area contributed by atoms with Gasteiger partial charge in [0.15, 0.2) is 0 Å². The summed E-state index contributed by atoms with van der Waals surface area (Å²) in [5.74, 6) is 2.12. The summed E-state index contributed by atoms with van der Waals surface area (Å²) in [5, 5.41) is 3.39. The van der Waals surface area contributed by atoms with Crippen LogP contribution < -0.4 is 5.32 Å². The molecule has 0 unspecified atom stereocenters. The van der Waals surface area contributed by atoms with Crippen LogP contribution in [0.25, 0.3) is 0 Å². The lowest BCUT2D eigenvalue weighted by Crippen LogP contribution is -2.26. The summed E-state index contributed by atoms with van der Waals surface area (Å²) in [7, 11) is 1.84. The number of nitrogens with one attached hydrogen (secondary N) is 1. The van der Waals surface area contributed by atoms with Gasteiger partial charge in [-0.3, -0.25) is 0 Å². The zero-order valence-corrected chi connectivity index (χ0v) is 8.37. The molecule has 54 valence electrons. The predicted molar refractivity (Wildman–Crippen MR) is 51.8 cm³/mol. The van der Waals surface area contributed by atoms with Gasteiger partial charge in [0.2, 0.25) is 0 Å². The summed E-state index contributed by atoms with van der Waals surface area (Å²) in [5.41, 5.74) is 0. The van der Waals surface area contributed by atoms with Crippen molar-refractivity contribution in [3.63, 3.8) is 0 Å². The summed E-state index contributed by atoms with van der Waals surface area (Å²) >= 11 is 2.32. The molecule has 3 heteroatoms. The zero-order chi connectivity index (χ0) is 6.53. The number of rotatable bonds is 4. The van der Waals surface area contributed by atoms with Gasteiger partial charge in [-0.25, -0.2) is 0 Å². The Morgan fingerprint density at radius 2 is 2.33 bits per heavy atom. The van der Waals surface area contributed by atoms with Gasteiger partial charge in [-0.2, -0.15) is 0 Å². The first-order chi connectivity index (χ1) is 4.43. The van der Waals surface area contributed by atoms with Gasteiger partial charge in [0.05, 0.1) is 5.88 Å². The van der Waals surface area contributed by atoms with Gasteiger partial charge >= 0.3 is 0 Å². The molecule has 0 atom stereocenters. The first-order valence-electron chi connectivity index (χ1n) is 3.37. The Morgan fingerprint density at radius 1 is 1.56 bits per heavy atom. The average molecular weight is 257 g/mol. The molecule has 0 aromatic carbocycles. The summed E-state index contributed by atoms with van der Waals surface area (Å²) < 4.78 is 0. The molecule has 1 nitrogen and oxygen atoms in total. The number of hydrogen-bond donors (Lipinski definition) is 1. The van der Waals surface area contributed by atoms with E-state index in [9.17, 15) is 0 Å². The Kier molecular flexibility index (Phi) is 4.34. The molecule has 0 heterocycles. The van der Waals surface area contributed by atoms with E-state index in [1.165, 1.54) is 25.8 Å². The molecule has 1 saturated carbocycles. The fraction of sp³-hybridized carbons (Fsp3) is 1.00. The lowest BCUT2D eigenvalue weighted by atomic mass is 9.86. The Balaban J connectivity index is 1.80. The molecule has 0 aromatic rings. The maximum atomic E-state index is 3.39. The van der Waals surface area contributed by atoms with Crippen molar-refractivity contribution < 1.29 is 0 Å². The molecule has 0 saturated heterocycles.